The molecule has 30 heavy (non-hydrogen) atoms. The van der Waals surface area contributed by atoms with Gasteiger partial charge >= 0.3 is 186 Å². The van der Waals surface area contributed by atoms with Crippen LogP contribution in [0.2, 0.25) is 13.1 Å². The number of hydrogen-bond acceptors (Lipinski definition) is 1. The van der Waals surface area contributed by atoms with Crippen molar-refractivity contribution in [2.75, 3.05) is 0 Å². The minimum atomic E-state index is -0.941. The van der Waals surface area contributed by atoms with Gasteiger partial charge in [-0.2, -0.15) is 0 Å². The standard InChI is InChI=1S/C23H27.C2H7OSi.2ClH.Zr/c1-5-6-8-17-15-19-9-7-10-21(22(19)16-17)18-11-13-20(14-12-18)23(2,3)4;1-4(2)3;;;/h7,9-16H,5-6,8H2,1-4H3;4H,1-2H3;2*1H;/q;-1;;;+3/p-2. The third-order valence-electron chi connectivity index (χ3n) is 5.45. The largest absolute Gasteiger partial charge is 1.00 e. The van der Waals surface area contributed by atoms with Crippen molar-refractivity contribution in [3.63, 3.8) is 0 Å². The monoisotopic (exact) mass is 538 g/mol. The molecule has 0 spiro atoms. The molecule has 0 amide bonds. The van der Waals surface area contributed by atoms with Gasteiger partial charge in [-0.1, -0.05) is 0 Å². The van der Waals surface area contributed by atoms with Gasteiger partial charge in [0.2, 0.25) is 0 Å². The van der Waals surface area contributed by atoms with Gasteiger partial charge < -0.3 is 24.8 Å². The number of halogens is 2. The van der Waals surface area contributed by atoms with Crippen molar-refractivity contribution in [2.45, 2.75) is 69.1 Å². The summed E-state index contributed by atoms with van der Waals surface area (Å²) in [5, 5.41) is 0. The zero-order valence-electron chi connectivity index (χ0n) is 19.1. The Morgan fingerprint density at radius 1 is 1.00 bits per heavy atom. The van der Waals surface area contributed by atoms with Crippen LogP contribution in [-0.4, -0.2) is 9.04 Å². The first-order valence-corrected chi connectivity index (χ1v) is 15.9. The molecule has 0 aliphatic heterocycles. The molecule has 1 aliphatic rings. The van der Waals surface area contributed by atoms with Crippen LogP contribution in [-0.2, 0) is 31.6 Å². The van der Waals surface area contributed by atoms with Crippen LogP contribution in [0.5, 0.6) is 0 Å². The van der Waals surface area contributed by atoms with Crippen LogP contribution >= 0.6 is 0 Å². The summed E-state index contributed by atoms with van der Waals surface area (Å²) in [5.41, 5.74) is 8.93. The molecule has 2 aromatic carbocycles. The van der Waals surface area contributed by atoms with E-state index in [4.69, 9.17) is 2.50 Å². The molecule has 2 aromatic rings. The van der Waals surface area contributed by atoms with Crippen LogP contribution in [0.4, 0.5) is 0 Å². The maximum atomic E-state index is 6.36. The van der Waals surface area contributed by atoms with Crippen molar-refractivity contribution in [1.29, 1.82) is 0 Å². The number of hydrogen-bond donors (Lipinski definition) is 0. The summed E-state index contributed by atoms with van der Waals surface area (Å²) in [6.45, 7) is 13.7. The third-order valence-corrected chi connectivity index (χ3v) is 12.8. The second-order valence-corrected chi connectivity index (χ2v) is 15.2. The average Bonchev–Trinajstić information content (AvgIpc) is 3.01. The molecule has 3 rings (SSSR count). The maximum Gasteiger partial charge on any atom is -1.00 e. The van der Waals surface area contributed by atoms with E-state index in [0.717, 1.165) is 0 Å². The molecule has 0 heterocycles. The number of allylic oxidation sites excluding steroid dienone is 1. The van der Waals surface area contributed by atoms with Crippen molar-refractivity contribution >= 4 is 15.1 Å². The Kier molecular flexibility index (Phi) is 11.3. The molecule has 5 heteroatoms. The molecule has 1 nitrogen and oxygen atoms in total. The fourth-order valence-electron chi connectivity index (χ4n) is 3.81. The molecule has 1 atom stereocenters. The van der Waals surface area contributed by atoms with Crippen molar-refractivity contribution in [3.8, 4) is 11.1 Å². The average molecular weight is 541 g/mol. The van der Waals surface area contributed by atoms with Gasteiger partial charge in [-0.3, -0.25) is 0 Å². The molecular formula is C25H34Cl2OSiZr. The predicted molar refractivity (Wildman–Crippen MR) is 121 cm³/mol. The van der Waals surface area contributed by atoms with Gasteiger partial charge in [0, 0.05) is 0 Å². The van der Waals surface area contributed by atoms with E-state index in [1.165, 1.54) is 47.1 Å². The minimum absolute atomic E-state index is 0. The molecule has 0 fully saturated rings. The number of benzene rings is 2. The SMILES string of the molecule is CCCCC1=Cc2c(-c3ccc(C(C)(C)C)cc3)cccc2[CH]1[Zr+2][O][SiH](C)C.[Cl-].[Cl-]. The molecule has 0 bridgehead atoms. The van der Waals surface area contributed by atoms with Crippen molar-refractivity contribution in [1.82, 2.24) is 0 Å². The van der Waals surface area contributed by atoms with Crippen molar-refractivity contribution in [3.05, 3.63) is 64.7 Å². The molecule has 0 saturated heterocycles. The van der Waals surface area contributed by atoms with Gasteiger partial charge in [0.05, 0.1) is 0 Å². The van der Waals surface area contributed by atoms with Crippen LogP contribution in [0.15, 0.2) is 48.0 Å². The quantitative estimate of drug-likeness (QED) is 0.481. The van der Waals surface area contributed by atoms with Crippen LogP contribution in [0, 0.1) is 0 Å². The Morgan fingerprint density at radius 3 is 2.23 bits per heavy atom. The Morgan fingerprint density at radius 2 is 1.67 bits per heavy atom. The second kappa shape index (κ2) is 12.2. The first-order valence-electron chi connectivity index (χ1n) is 10.7. The van der Waals surface area contributed by atoms with Crippen molar-refractivity contribution < 1.29 is 51.0 Å². The Balaban J connectivity index is 0.00000225. The smallest absolute Gasteiger partial charge is 1.00 e. The summed E-state index contributed by atoms with van der Waals surface area (Å²) in [5.74, 6) is 0. The number of fused-ring (bicyclic) bond motifs is 1. The van der Waals surface area contributed by atoms with Crippen molar-refractivity contribution in [2.24, 2.45) is 0 Å². The minimum Gasteiger partial charge on any atom is -1.00 e. The van der Waals surface area contributed by atoms with Crippen LogP contribution < -0.4 is 24.8 Å². The Labute approximate surface area is 209 Å². The summed E-state index contributed by atoms with van der Waals surface area (Å²) in [6, 6.07) is 16.1. The van der Waals surface area contributed by atoms with E-state index in [9.17, 15) is 0 Å². The third kappa shape index (κ3) is 6.66. The summed E-state index contributed by atoms with van der Waals surface area (Å²) in [7, 11) is -0.941. The first kappa shape index (κ1) is 27.9. The van der Waals surface area contributed by atoms with Gasteiger partial charge in [0.15, 0.2) is 0 Å². The van der Waals surface area contributed by atoms with Gasteiger partial charge in [0.1, 0.15) is 0 Å². The molecule has 1 aliphatic carbocycles. The van der Waals surface area contributed by atoms with E-state index in [0.29, 0.717) is 3.63 Å². The molecule has 0 aromatic heterocycles. The summed E-state index contributed by atoms with van der Waals surface area (Å²) in [4.78, 5) is 0. The van der Waals surface area contributed by atoms with Crippen LogP contribution in [0.1, 0.15) is 67.3 Å². The maximum absolute atomic E-state index is 6.36. The van der Waals surface area contributed by atoms with E-state index in [-0.39, 0.29) is 30.2 Å². The van der Waals surface area contributed by atoms with Gasteiger partial charge in [-0.05, 0) is 0 Å². The Hall–Kier alpha value is -0.180. The number of rotatable bonds is 7. The first-order chi connectivity index (χ1) is 13.3. The van der Waals surface area contributed by atoms with Gasteiger partial charge in [0.25, 0.3) is 0 Å². The molecule has 0 radical (unpaired) electrons. The fourth-order valence-corrected chi connectivity index (χ4v) is 9.09. The van der Waals surface area contributed by atoms with E-state index in [2.05, 4.69) is 89.3 Å². The topological polar surface area (TPSA) is 9.23 Å². The molecule has 0 saturated carbocycles. The Bertz CT molecular complexity index is 841. The summed E-state index contributed by atoms with van der Waals surface area (Å²) in [6.07, 6.45) is 6.27. The fraction of sp³-hybridized carbons (Fsp3) is 0.440. The number of unbranched alkanes of at least 4 members (excludes halogenated alkanes) is 1. The zero-order chi connectivity index (χ0) is 20.3. The second-order valence-electron chi connectivity index (χ2n) is 9.18. The van der Waals surface area contributed by atoms with E-state index >= 15 is 0 Å². The van der Waals surface area contributed by atoms with Gasteiger partial charge in [-0.25, -0.2) is 0 Å². The van der Waals surface area contributed by atoms with Crippen LogP contribution in [0.25, 0.3) is 17.2 Å². The summed E-state index contributed by atoms with van der Waals surface area (Å²) >= 11 is -0.889. The zero-order valence-corrected chi connectivity index (χ0v) is 24.2. The normalized spacial score (nSPS) is 15.0. The van der Waals surface area contributed by atoms with E-state index in [1.807, 2.05) is 0 Å². The van der Waals surface area contributed by atoms with E-state index < -0.39 is 32.7 Å². The molecule has 162 valence electrons. The molecule has 1 unspecified atom stereocenters. The molecular weight excluding hydrogens is 506 g/mol. The molecule has 0 N–H and O–H groups in total. The van der Waals surface area contributed by atoms with Gasteiger partial charge in [-0.15, -0.1) is 0 Å². The van der Waals surface area contributed by atoms with E-state index in [1.54, 1.807) is 5.57 Å². The summed E-state index contributed by atoms with van der Waals surface area (Å²) < 4.78 is 6.97. The predicted octanol–water partition coefficient (Wildman–Crippen LogP) is 1.28. The van der Waals surface area contributed by atoms with Crippen LogP contribution in [0.3, 0.4) is 0 Å².